The maximum absolute atomic E-state index is 12.6. The van der Waals surface area contributed by atoms with E-state index in [1.54, 1.807) is 0 Å². The second-order valence-electron chi connectivity index (χ2n) is 7.98. The van der Waals surface area contributed by atoms with Crippen molar-refractivity contribution >= 4 is 28.2 Å². The van der Waals surface area contributed by atoms with E-state index < -0.39 is 0 Å². The molecule has 1 amide bonds. The lowest BCUT2D eigenvalue weighted by Gasteiger charge is -2.32. The van der Waals surface area contributed by atoms with Crippen molar-refractivity contribution in [3.63, 3.8) is 0 Å². The summed E-state index contributed by atoms with van der Waals surface area (Å²) >= 11 is 0. The number of fused-ring (bicyclic) bond motifs is 1. The van der Waals surface area contributed by atoms with Crippen LogP contribution in [0.25, 0.3) is 16.6 Å². The first kappa shape index (κ1) is 20.6. The zero-order chi connectivity index (χ0) is 21.8. The number of piperidine rings is 1. The van der Waals surface area contributed by atoms with Crippen molar-refractivity contribution in [2.45, 2.75) is 25.8 Å². The van der Waals surface area contributed by atoms with Crippen molar-refractivity contribution in [3.05, 3.63) is 66.2 Å². The number of nitrogens with zero attached hydrogens (tertiary/aromatic N) is 2. The molecule has 4 N–H and O–H groups in total. The largest absolute Gasteiger partial charge is 0.505 e. The smallest absolute Gasteiger partial charge is 0.227 e. The number of H-pyrrole nitrogens is 1. The molecule has 158 valence electrons. The number of aliphatic hydroxyl groups excluding tert-OH is 1. The van der Waals surface area contributed by atoms with Crippen LogP contribution in [0, 0.1) is 17.2 Å². The molecule has 0 saturated carbocycles. The Balaban J connectivity index is 1.42. The Bertz CT molecular complexity index is 1100. The Hall–Kier alpha value is -3.63. The first-order valence-electron chi connectivity index (χ1n) is 10.6. The summed E-state index contributed by atoms with van der Waals surface area (Å²) in [7, 11) is 0. The number of allylic oxidation sites excluding steroid dienone is 1. The summed E-state index contributed by atoms with van der Waals surface area (Å²) in [4.78, 5) is 21.3. The van der Waals surface area contributed by atoms with Gasteiger partial charge >= 0.3 is 0 Å². The highest BCUT2D eigenvalue weighted by molar-refractivity contribution is 5.92. The topological polar surface area (TPSA) is 106 Å². The lowest BCUT2D eigenvalue weighted by Crippen LogP contribution is -3.16. The van der Waals surface area contributed by atoms with Gasteiger partial charge in [0.1, 0.15) is 17.7 Å². The summed E-state index contributed by atoms with van der Waals surface area (Å²) in [5.41, 5.74) is 2.55. The van der Waals surface area contributed by atoms with Crippen molar-refractivity contribution < 1.29 is 14.8 Å². The predicted molar refractivity (Wildman–Crippen MR) is 119 cm³/mol. The second-order valence-corrected chi connectivity index (χ2v) is 7.98. The number of aliphatic hydroxyl groups is 1. The molecule has 4 rings (SSSR count). The summed E-state index contributed by atoms with van der Waals surface area (Å²) in [6.07, 6.45) is 1.47. The molecule has 1 saturated heterocycles. The molecule has 3 aromatic rings. The van der Waals surface area contributed by atoms with E-state index in [1.807, 2.05) is 61.5 Å². The molecular formula is C24H26N5O2+. The fourth-order valence-corrected chi connectivity index (χ4v) is 4.16. The van der Waals surface area contributed by atoms with Crippen LogP contribution in [0.5, 0.6) is 0 Å². The van der Waals surface area contributed by atoms with Gasteiger partial charge in [0.15, 0.2) is 11.6 Å². The molecule has 7 heteroatoms. The van der Waals surface area contributed by atoms with Gasteiger partial charge in [-0.15, -0.1) is 0 Å². The molecule has 0 aliphatic carbocycles. The van der Waals surface area contributed by atoms with E-state index in [1.165, 1.54) is 0 Å². The lowest BCUT2D eigenvalue weighted by molar-refractivity contribution is -0.924. The van der Waals surface area contributed by atoms with Crippen LogP contribution in [0.3, 0.4) is 0 Å². The Kier molecular flexibility index (Phi) is 6.01. The van der Waals surface area contributed by atoms with Crippen molar-refractivity contribution in [1.82, 2.24) is 9.97 Å². The van der Waals surface area contributed by atoms with Crippen LogP contribution in [0.1, 0.15) is 25.6 Å². The summed E-state index contributed by atoms with van der Waals surface area (Å²) in [6.45, 7) is 3.41. The summed E-state index contributed by atoms with van der Waals surface area (Å²) in [5, 5.41) is 23.5. The SMILES string of the molecule is C[C@H](/C(O)=C(\C#N)c1nc2ccccc2[nH]1)[NH+]1CCC(C(=O)Nc2ccccc2)CC1. The highest BCUT2D eigenvalue weighted by atomic mass is 16.3. The fourth-order valence-electron chi connectivity index (χ4n) is 4.16. The zero-order valence-corrected chi connectivity index (χ0v) is 17.4. The maximum Gasteiger partial charge on any atom is 0.227 e. The van der Waals surface area contributed by atoms with Gasteiger partial charge in [-0.25, -0.2) is 4.98 Å². The normalized spacial score (nSPS) is 20.5. The van der Waals surface area contributed by atoms with Crippen LogP contribution < -0.4 is 10.2 Å². The number of para-hydroxylation sites is 3. The molecule has 1 aliphatic rings. The number of likely N-dealkylation sites (tertiary alicyclic amines) is 1. The Labute approximate surface area is 181 Å². The number of imidazole rings is 1. The standard InChI is InChI=1S/C24H25N5O2/c1-16(22(30)19(15-25)23-27-20-9-5-6-10-21(20)28-23)29-13-11-17(12-14-29)24(31)26-18-7-3-2-4-8-18/h2-10,16-17,30H,11-14H2,1H3,(H,26,31)(H,27,28)/p+1/b22-19-/t16-/m1/s1. The van der Waals surface area contributed by atoms with Crippen molar-refractivity contribution in [3.8, 4) is 6.07 Å². The Morgan fingerprint density at radius 3 is 2.55 bits per heavy atom. The number of quaternary nitrogens is 1. The predicted octanol–water partition coefficient (Wildman–Crippen LogP) is 2.68. The highest BCUT2D eigenvalue weighted by Crippen LogP contribution is 2.20. The van der Waals surface area contributed by atoms with E-state index in [4.69, 9.17) is 0 Å². The number of aromatic amines is 1. The van der Waals surface area contributed by atoms with Crippen LogP contribution in [0.15, 0.2) is 60.4 Å². The number of nitriles is 1. The number of carbonyl (C=O) groups is 1. The van der Waals surface area contributed by atoms with E-state index in [9.17, 15) is 15.2 Å². The average molecular weight is 417 g/mol. The van der Waals surface area contributed by atoms with E-state index >= 15 is 0 Å². The van der Waals surface area contributed by atoms with Crippen LogP contribution >= 0.6 is 0 Å². The Morgan fingerprint density at radius 1 is 1.19 bits per heavy atom. The van der Waals surface area contributed by atoms with E-state index in [-0.39, 0.29) is 29.2 Å². The van der Waals surface area contributed by atoms with Crippen molar-refractivity contribution in [2.24, 2.45) is 5.92 Å². The highest BCUT2D eigenvalue weighted by Gasteiger charge is 2.33. The van der Waals surface area contributed by atoms with Crippen LogP contribution in [-0.2, 0) is 4.79 Å². The van der Waals surface area contributed by atoms with Crippen LogP contribution in [0.4, 0.5) is 5.69 Å². The van der Waals surface area contributed by atoms with Gasteiger partial charge in [0.2, 0.25) is 5.91 Å². The van der Waals surface area contributed by atoms with Crippen LogP contribution in [-0.4, -0.2) is 40.1 Å². The molecule has 0 radical (unpaired) electrons. The van der Waals surface area contributed by atoms with E-state index in [2.05, 4.69) is 21.4 Å². The first-order chi connectivity index (χ1) is 15.1. The molecule has 1 atom stereocenters. The number of nitrogens with one attached hydrogen (secondary N) is 3. The number of carbonyl (C=O) groups excluding carboxylic acids is 1. The molecule has 0 unspecified atom stereocenters. The number of benzene rings is 2. The quantitative estimate of drug-likeness (QED) is 0.379. The average Bonchev–Trinajstić information content (AvgIpc) is 3.23. The number of amides is 1. The van der Waals surface area contributed by atoms with Gasteiger partial charge < -0.3 is 20.3 Å². The molecule has 2 heterocycles. The Morgan fingerprint density at radius 2 is 1.87 bits per heavy atom. The first-order valence-corrected chi connectivity index (χ1v) is 10.6. The number of rotatable bonds is 5. The molecule has 0 bridgehead atoms. The molecule has 1 fully saturated rings. The van der Waals surface area contributed by atoms with Gasteiger partial charge in [0.05, 0.1) is 24.1 Å². The molecule has 2 aromatic carbocycles. The van der Waals surface area contributed by atoms with Crippen molar-refractivity contribution in [2.75, 3.05) is 18.4 Å². The zero-order valence-electron chi connectivity index (χ0n) is 17.4. The van der Waals surface area contributed by atoms with Gasteiger partial charge in [0.25, 0.3) is 0 Å². The minimum absolute atomic E-state index is 0.0312. The van der Waals surface area contributed by atoms with Gasteiger partial charge in [-0.05, 0) is 31.2 Å². The number of hydrogen-bond donors (Lipinski definition) is 4. The van der Waals surface area contributed by atoms with Crippen LogP contribution in [0.2, 0.25) is 0 Å². The molecule has 7 nitrogen and oxygen atoms in total. The third-order valence-electron chi connectivity index (χ3n) is 6.06. The third-order valence-corrected chi connectivity index (χ3v) is 6.06. The molecule has 1 aliphatic heterocycles. The number of aromatic nitrogens is 2. The second kappa shape index (κ2) is 9.02. The summed E-state index contributed by atoms with van der Waals surface area (Å²) in [5.74, 6) is 0.402. The molecular weight excluding hydrogens is 390 g/mol. The van der Waals surface area contributed by atoms with E-state index in [0.717, 1.165) is 47.6 Å². The van der Waals surface area contributed by atoms with Crippen molar-refractivity contribution in [1.29, 1.82) is 5.26 Å². The number of hydrogen-bond acceptors (Lipinski definition) is 4. The minimum Gasteiger partial charge on any atom is -0.505 e. The van der Waals surface area contributed by atoms with E-state index in [0.29, 0.717) is 5.82 Å². The van der Waals surface area contributed by atoms with Gasteiger partial charge in [-0.1, -0.05) is 30.3 Å². The minimum atomic E-state index is -0.263. The summed E-state index contributed by atoms with van der Waals surface area (Å²) in [6, 6.07) is 18.8. The maximum atomic E-state index is 12.6. The van der Waals surface area contributed by atoms with Gasteiger partial charge in [0, 0.05) is 24.4 Å². The molecule has 31 heavy (non-hydrogen) atoms. The fraction of sp³-hybridized carbons (Fsp3) is 0.292. The number of anilines is 1. The van der Waals surface area contributed by atoms with Gasteiger partial charge in [-0.3, -0.25) is 4.79 Å². The molecule has 1 aromatic heterocycles. The van der Waals surface area contributed by atoms with Gasteiger partial charge in [-0.2, -0.15) is 5.26 Å². The molecule has 0 spiro atoms. The summed E-state index contributed by atoms with van der Waals surface area (Å²) < 4.78 is 0. The third kappa shape index (κ3) is 4.44. The monoisotopic (exact) mass is 416 g/mol. The lowest BCUT2D eigenvalue weighted by atomic mass is 9.94.